The molecule has 2 N–H and O–H groups in total. The second-order valence-corrected chi connectivity index (χ2v) is 5.02. The maximum absolute atomic E-state index is 13.5. The first-order valence-corrected chi connectivity index (χ1v) is 7.11. The Hall–Kier alpha value is -2.90. The van der Waals surface area contributed by atoms with Gasteiger partial charge in [-0.05, 0) is 24.3 Å². The zero-order valence-corrected chi connectivity index (χ0v) is 12.4. The second-order valence-electron chi connectivity index (χ2n) is 5.02. The summed E-state index contributed by atoms with van der Waals surface area (Å²) in [7, 11) is 0. The first-order chi connectivity index (χ1) is 11.5. The number of anilines is 2. The van der Waals surface area contributed by atoms with Gasteiger partial charge in [-0.25, -0.2) is 13.2 Å². The van der Waals surface area contributed by atoms with Gasteiger partial charge in [-0.15, -0.1) is 0 Å². The smallest absolute Gasteiger partial charge is 0.231 e. The van der Waals surface area contributed by atoms with Crippen LogP contribution in [0.4, 0.5) is 24.5 Å². The van der Waals surface area contributed by atoms with Crippen molar-refractivity contribution in [3.8, 4) is 11.5 Å². The van der Waals surface area contributed by atoms with Gasteiger partial charge in [0.1, 0.15) is 0 Å². The zero-order valence-electron chi connectivity index (χ0n) is 12.4. The van der Waals surface area contributed by atoms with E-state index in [4.69, 9.17) is 9.47 Å². The van der Waals surface area contributed by atoms with Crippen molar-refractivity contribution in [1.82, 2.24) is 0 Å². The minimum Gasteiger partial charge on any atom is -0.454 e. The van der Waals surface area contributed by atoms with Crippen molar-refractivity contribution in [2.45, 2.75) is 6.42 Å². The van der Waals surface area contributed by atoms with Gasteiger partial charge in [-0.1, -0.05) is 0 Å². The van der Waals surface area contributed by atoms with Crippen molar-refractivity contribution < 1.29 is 27.4 Å². The molecule has 0 atom stereocenters. The van der Waals surface area contributed by atoms with Gasteiger partial charge in [0.05, 0.1) is 5.69 Å². The first kappa shape index (κ1) is 16.0. The molecule has 2 aromatic carbocycles. The van der Waals surface area contributed by atoms with E-state index in [0.29, 0.717) is 11.5 Å². The summed E-state index contributed by atoms with van der Waals surface area (Å²) in [4.78, 5) is 11.8. The van der Waals surface area contributed by atoms with E-state index in [2.05, 4.69) is 10.6 Å². The van der Waals surface area contributed by atoms with Crippen molar-refractivity contribution in [3.05, 3.63) is 47.8 Å². The number of hydrogen-bond donors (Lipinski definition) is 2. The number of ether oxygens (including phenoxy) is 2. The fraction of sp³-hybridized carbons (Fsp3) is 0.188. The molecule has 0 spiro atoms. The Kier molecular flexibility index (Phi) is 4.45. The molecule has 126 valence electrons. The average molecular weight is 338 g/mol. The second kappa shape index (κ2) is 6.69. The Balaban J connectivity index is 1.52. The summed E-state index contributed by atoms with van der Waals surface area (Å²) < 4.78 is 49.8. The predicted octanol–water partition coefficient (Wildman–Crippen LogP) is 3.27. The summed E-state index contributed by atoms with van der Waals surface area (Å²) in [6, 6.07) is 6.95. The minimum atomic E-state index is -1.62. The van der Waals surface area contributed by atoms with E-state index < -0.39 is 29.0 Å². The number of carbonyl (C=O) groups is 1. The van der Waals surface area contributed by atoms with Crippen LogP contribution in [0.5, 0.6) is 11.5 Å². The number of rotatable bonds is 5. The molecule has 2 aromatic rings. The quantitative estimate of drug-likeness (QED) is 0.822. The summed E-state index contributed by atoms with van der Waals surface area (Å²) in [6.07, 6.45) is 0.00682. The van der Waals surface area contributed by atoms with Gasteiger partial charge in [0.2, 0.25) is 12.7 Å². The third-order valence-corrected chi connectivity index (χ3v) is 3.36. The highest BCUT2D eigenvalue weighted by Crippen LogP contribution is 2.34. The van der Waals surface area contributed by atoms with Gasteiger partial charge in [0, 0.05) is 24.7 Å². The molecule has 5 nitrogen and oxygen atoms in total. The van der Waals surface area contributed by atoms with Crippen LogP contribution in [0.25, 0.3) is 0 Å². The van der Waals surface area contributed by atoms with Crippen LogP contribution < -0.4 is 20.1 Å². The molecule has 0 saturated heterocycles. The number of fused-ring (bicyclic) bond motifs is 1. The molecule has 0 aliphatic carbocycles. The van der Waals surface area contributed by atoms with E-state index in [9.17, 15) is 18.0 Å². The lowest BCUT2D eigenvalue weighted by Crippen LogP contribution is -2.17. The topological polar surface area (TPSA) is 59.6 Å². The molecule has 8 heteroatoms. The van der Waals surface area contributed by atoms with Gasteiger partial charge in [0.25, 0.3) is 0 Å². The van der Waals surface area contributed by atoms with Crippen LogP contribution in [0, 0.1) is 17.5 Å². The van der Waals surface area contributed by atoms with Crippen molar-refractivity contribution >= 4 is 17.3 Å². The molecular formula is C16H13F3N2O3. The Labute approximate surface area is 135 Å². The highest BCUT2D eigenvalue weighted by molar-refractivity contribution is 5.91. The molecule has 0 bridgehead atoms. The van der Waals surface area contributed by atoms with Gasteiger partial charge >= 0.3 is 0 Å². The Bertz CT molecular complexity index is 783. The lowest BCUT2D eigenvalue weighted by atomic mass is 10.2. The van der Waals surface area contributed by atoms with Crippen LogP contribution in [0.2, 0.25) is 0 Å². The highest BCUT2D eigenvalue weighted by atomic mass is 19.2. The Morgan fingerprint density at radius 1 is 1.04 bits per heavy atom. The number of nitrogens with one attached hydrogen (secondary N) is 2. The van der Waals surface area contributed by atoms with E-state index in [-0.39, 0.29) is 19.8 Å². The van der Waals surface area contributed by atoms with Crippen molar-refractivity contribution in [3.63, 3.8) is 0 Å². The number of benzene rings is 2. The molecule has 0 fully saturated rings. The van der Waals surface area contributed by atoms with Gasteiger partial charge in [-0.3, -0.25) is 4.79 Å². The Morgan fingerprint density at radius 3 is 2.67 bits per heavy atom. The molecule has 1 heterocycles. The number of halogens is 3. The fourth-order valence-corrected chi connectivity index (χ4v) is 2.16. The first-order valence-electron chi connectivity index (χ1n) is 7.11. The zero-order chi connectivity index (χ0) is 17.1. The van der Waals surface area contributed by atoms with E-state index in [1.807, 2.05) is 0 Å². The Morgan fingerprint density at radius 2 is 1.83 bits per heavy atom. The molecule has 0 aromatic heterocycles. The van der Waals surface area contributed by atoms with E-state index >= 15 is 0 Å². The largest absolute Gasteiger partial charge is 0.454 e. The summed E-state index contributed by atoms with van der Waals surface area (Å²) in [5, 5.41) is 5.20. The van der Waals surface area contributed by atoms with E-state index in [1.54, 1.807) is 18.2 Å². The summed E-state index contributed by atoms with van der Waals surface area (Å²) in [5.41, 5.74) is 0.327. The summed E-state index contributed by atoms with van der Waals surface area (Å²) in [6.45, 7) is 0.428. The molecule has 1 aliphatic rings. The van der Waals surface area contributed by atoms with Crippen LogP contribution in [-0.4, -0.2) is 19.2 Å². The van der Waals surface area contributed by atoms with Crippen molar-refractivity contribution in [1.29, 1.82) is 0 Å². The highest BCUT2D eigenvalue weighted by Gasteiger charge is 2.15. The lowest BCUT2D eigenvalue weighted by Gasteiger charge is -2.09. The van der Waals surface area contributed by atoms with E-state index in [1.165, 1.54) is 0 Å². The molecule has 0 unspecified atom stereocenters. The standard InChI is InChI=1S/C16H13F3N2O3/c17-10-2-3-11(16(19)15(10)18)21-14(22)5-6-20-9-1-4-12-13(7-9)24-8-23-12/h1-4,7,20H,5-6,8H2,(H,21,22). The molecule has 1 amide bonds. The molecule has 0 radical (unpaired) electrons. The number of carbonyl (C=O) groups excluding carboxylic acids is 1. The molecule has 3 rings (SSSR count). The third kappa shape index (κ3) is 3.37. The van der Waals surface area contributed by atoms with E-state index in [0.717, 1.165) is 17.8 Å². The van der Waals surface area contributed by atoms with Crippen LogP contribution in [-0.2, 0) is 4.79 Å². The monoisotopic (exact) mass is 338 g/mol. The van der Waals surface area contributed by atoms with Crippen LogP contribution in [0.3, 0.4) is 0 Å². The molecule has 24 heavy (non-hydrogen) atoms. The van der Waals surface area contributed by atoms with Gasteiger partial charge in [-0.2, -0.15) is 0 Å². The summed E-state index contributed by atoms with van der Waals surface area (Å²) in [5.74, 6) is -3.64. The average Bonchev–Trinajstić information content (AvgIpc) is 3.03. The normalized spacial score (nSPS) is 12.1. The third-order valence-electron chi connectivity index (χ3n) is 3.36. The number of hydrogen-bond acceptors (Lipinski definition) is 4. The van der Waals surface area contributed by atoms with Gasteiger partial charge < -0.3 is 20.1 Å². The fourth-order valence-electron chi connectivity index (χ4n) is 2.16. The maximum Gasteiger partial charge on any atom is 0.231 e. The van der Waals surface area contributed by atoms with Crippen LogP contribution >= 0.6 is 0 Å². The van der Waals surface area contributed by atoms with Crippen LogP contribution in [0.1, 0.15) is 6.42 Å². The lowest BCUT2D eigenvalue weighted by molar-refractivity contribution is -0.116. The van der Waals surface area contributed by atoms with Crippen molar-refractivity contribution in [2.75, 3.05) is 24.0 Å². The molecule has 0 saturated carbocycles. The summed E-state index contributed by atoms with van der Waals surface area (Å²) >= 11 is 0. The SMILES string of the molecule is O=C(CCNc1ccc2c(c1)OCO2)Nc1ccc(F)c(F)c1F. The molecular weight excluding hydrogens is 325 g/mol. The van der Waals surface area contributed by atoms with Gasteiger partial charge in [0.15, 0.2) is 29.0 Å². The predicted molar refractivity (Wildman–Crippen MR) is 80.6 cm³/mol. The molecule has 1 aliphatic heterocycles. The maximum atomic E-state index is 13.5. The van der Waals surface area contributed by atoms with Crippen LogP contribution in [0.15, 0.2) is 30.3 Å². The van der Waals surface area contributed by atoms with Crippen molar-refractivity contribution in [2.24, 2.45) is 0 Å². The number of amides is 1. The minimum absolute atomic E-state index is 0.00682.